The monoisotopic (exact) mass is 348 g/mol. The van der Waals surface area contributed by atoms with Crippen LogP contribution < -0.4 is 10.5 Å². The van der Waals surface area contributed by atoms with Gasteiger partial charge in [-0.25, -0.2) is 26.7 Å². The number of esters is 1. The summed E-state index contributed by atoms with van der Waals surface area (Å²) in [5.74, 6) is -4.32. The molecule has 0 atom stereocenters. The first-order valence-corrected chi connectivity index (χ1v) is 7.00. The highest BCUT2D eigenvalue weighted by Crippen LogP contribution is 2.15. The van der Waals surface area contributed by atoms with Gasteiger partial charge in [0.05, 0.1) is 25.9 Å². The van der Waals surface area contributed by atoms with E-state index in [4.69, 9.17) is 5.73 Å². The molecule has 0 aliphatic carbocycles. The maximum absolute atomic E-state index is 12.9. The molecule has 0 unspecified atom stereocenters. The quantitative estimate of drug-likeness (QED) is 0.589. The maximum atomic E-state index is 12.9. The van der Waals surface area contributed by atoms with Crippen LogP contribution in [0.25, 0.3) is 0 Å². The second-order valence-electron chi connectivity index (χ2n) is 3.72. The van der Waals surface area contributed by atoms with Crippen molar-refractivity contribution in [3.8, 4) is 0 Å². The lowest BCUT2D eigenvalue weighted by Gasteiger charge is -2.14. The molecule has 0 bridgehead atoms. The molecule has 0 saturated heterocycles. The minimum Gasteiger partial charge on any atom is -0.462 e. The van der Waals surface area contributed by atoms with Crippen LogP contribution in [0.2, 0.25) is 0 Å². The number of sulfonamides is 1. The summed E-state index contributed by atoms with van der Waals surface area (Å²) in [4.78, 5) is 11.5. The lowest BCUT2D eigenvalue weighted by atomic mass is 10.3. The van der Waals surface area contributed by atoms with E-state index in [1.807, 2.05) is 0 Å². The fraction of sp³-hybridized carbons (Fsp3) is 0.556. The Balaban J connectivity index is 0.00000400. The van der Waals surface area contributed by atoms with Gasteiger partial charge in [0.1, 0.15) is 5.56 Å². The number of carbonyl (C=O) groups excluding carboxylic acids is 1. The van der Waals surface area contributed by atoms with Crippen molar-refractivity contribution in [1.82, 2.24) is 14.9 Å². The molecule has 1 aromatic rings. The highest BCUT2D eigenvalue weighted by atomic mass is 35.5. The first kappa shape index (κ1) is 19.7. The van der Waals surface area contributed by atoms with E-state index in [9.17, 15) is 22.0 Å². The number of halogens is 3. The van der Waals surface area contributed by atoms with Gasteiger partial charge in [0, 0.05) is 0 Å². The van der Waals surface area contributed by atoms with Crippen LogP contribution in [0.4, 0.5) is 8.78 Å². The standard InChI is InChI=1S/C9H14F2N4O4S.ClH/c1-2-19-8(16)6-3-13-15-7(6)20(17,18)14-5-9(10,11)4-12;/h3,14H,2,4-5,12H2,1H3,(H,13,15);1H. The molecule has 1 rings (SSSR count). The summed E-state index contributed by atoms with van der Waals surface area (Å²) >= 11 is 0. The van der Waals surface area contributed by atoms with Crippen LogP contribution in [0, 0.1) is 0 Å². The van der Waals surface area contributed by atoms with E-state index in [1.54, 1.807) is 4.72 Å². The van der Waals surface area contributed by atoms with Crippen LogP contribution in [-0.2, 0) is 14.8 Å². The summed E-state index contributed by atoms with van der Waals surface area (Å²) in [5.41, 5.74) is 4.43. The fourth-order valence-corrected chi connectivity index (χ4v) is 2.32. The lowest BCUT2D eigenvalue weighted by Crippen LogP contribution is -2.41. The third-order valence-electron chi connectivity index (χ3n) is 2.19. The van der Waals surface area contributed by atoms with Gasteiger partial charge in [0.2, 0.25) is 0 Å². The molecule has 0 spiro atoms. The van der Waals surface area contributed by atoms with Gasteiger partial charge >= 0.3 is 5.97 Å². The first-order valence-electron chi connectivity index (χ1n) is 5.51. The van der Waals surface area contributed by atoms with Gasteiger partial charge in [0.15, 0.2) is 5.03 Å². The second-order valence-corrected chi connectivity index (χ2v) is 5.42. The maximum Gasteiger partial charge on any atom is 0.342 e. The highest BCUT2D eigenvalue weighted by molar-refractivity contribution is 7.89. The molecule has 12 heteroatoms. The molecule has 0 aromatic carbocycles. The Morgan fingerprint density at radius 2 is 2.19 bits per heavy atom. The third-order valence-corrected chi connectivity index (χ3v) is 3.56. The molecule has 1 heterocycles. The van der Waals surface area contributed by atoms with Crippen LogP contribution in [0.15, 0.2) is 11.2 Å². The normalized spacial score (nSPS) is 11.8. The molecule has 0 aliphatic rings. The van der Waals surface area contributed by atoms with Gasteiger partial charge < -0.3 is 10.5 Å². The smallest absolute Gasteiger partial charge is 0.342 e. The van der Waals surface area contributed by atoms with Crippen molar-refractivity contribution in [2.45, 2.75) is 17.9 Å². The Labute approximate surface area is 125 Å². The molecule has 1 aromatic heterocycles. The topological polar surface area (TPSA) is 127 Å². The number of carbonyl (C=O) groups is 1. The van der Waals surface area contributed by atoms with E-state index in [2.05, 4.69) is 14.9 Å². The molecular formula is C9H15ClF2N4O4S. The Kier molecular flexibility index (Phi) is 7.16. The number of nitrogens with zero attached hydrogens (tertiary/aromatic N) is 1. The van der Waals surface area contributed by atoms with Crippen molar-refractivity contribution in [3.63, 3.8) is 0 Å². The average Bonchev–Trinajstić information content (AvgIpc) is 2.87. The number of aromatic nitrogens is 2. The van der Waals surface area contributed by atoms with E-state index in [-0.39, 0.29) is 24.6 Å². The van der Waals surface area contributed by atoms with E-state index < -0.39 is 40.0 Å². The van der Waals surface area contributed by atoms with Crippen molar-refractivity contribution in [2.75, 3.05) is 19.7 Å². The average molecular weight is 349 g/mol. The highest BCUT2D eigenvalue weighted by Gasteiger charge is 2.32. The van der Waals surface area contributed by atoms with Gasteiger partial charge in [-0.15, -0.1) is 12.4 Å². The summed E-state index contributed by atoms with van der Waals surface area (Å²) < 4.78 is 55.8. The molecular weight excluding hydrogens is 334 g/mol. The van der Waals surface area contributed by atoms with E-state index >= 15 is 0 Å². The Morgan fingerprint density at radius 1 is 1.57 bits per heavy atom. The van der Waals surface area contributed by atoms with Gasteiger partial charge in [-0.05, 0) is 6.92 Å². The predicted octanol–water partition coefficient (Wildman–Crippen LogP) is -0.119. The molecule has 122 valence electrons. The number of hydrogen-bond donors (Lipinski definition) is 3. The minimum absolute atomic E-state index is 0. The van der Waals surface area contributed by atoms with Crippen molar-refractivity contribution in [3.05, 3.63) is 11.8 Å². The van der Waals surface area contributed by atoms with Crippen LogP contribution in [0.5, 0.6) is 0 Å². The molecule has 0 saturated carbocycles. The fourth-order valence-electron chi connectivity index (χ4n) is 1.18. The molecule has 0 amide bonds. The molecule has 0 aliphatic heterocycles. The number of aromatic amines is 1. The van der Waals surface area contributed by atoms with Crippen molar-refractivity contribution in [1.29, 1.82) is 0 Å². The zero-order valence-electron chi connectivity index (χ0n) is 10.9. The van der Waals surface area contributed by atoms with Crippen molar-refractivity contribution >= 4 is 28.4 Å². The molecule has 0 radical (unpaired) electrons. The number of alkyl halides is 2. The zero-order chi connectivity index (χ0) is 15.4. The van der Waals surface area contributed by atoms with E-state index in [0.717, 1.165) is 6.20 Å². The SMILES string of the molecule is CCOC(=O)c1cn[nH]c1S(=O)(=O)NCC(F)(F)CN.Cl. The van der Waals surface area contributed by atoms with Crippen LogP contribution in [0.1, 0.15) is 17.3 Å². The lowest BCUT2D eigenvalue weighted by molar-refractivity contribution is 0.0170. The third kappa shape index (κ3) is 5.19. The van der Waals surface area contributed by atoms with Gasteiger partial charge in [-0.2, -0.15) is 5.10 Å². The van der Waals surface area contributed by atoms with Crippen LogP contribution in [0.3, 0.4) is 0 Å². The van der Waals surface area contributed by atoms with Crippen molar-refractivity contribution in [2.24, 2.45) is 5.73 Å². The number of H-pyrrole nitrogens is 1. The molecule has 8 nitrogen and oxygen atoms in total. The number of nitrogens with one attached hydrogen (secondary N) is 2. The summed E-state index contributed by atoms with van der Waals surface area (Å²) in [5, 5.41) is 4.83. The summed E-state index contributed by atoms with van der Waals surface area (Å²) in [6.45, 7) is -0.634. The predicted molar refractivity (Wildman–Crippen MR) is 71.0 cm³/mol. The second kappa shape index (κ2) is 7.64. The summed E-state index contributed by atoms with van der Waals surface area (Å²) in [6.07, 6.45) is 0.938. The molecule has 4 N–H and O–H groups in total. The Morgan fingerprint density at radius 3 is 2.71 bits per heavy atom. The number of nitrogens with two attached hydrogens (primary N) is 1. The summed E-state index contributed by atoms with van der Waals surface area (Å²) in [6, 6.07) is 0. The molecule has 21 heavy (non-hydrogen) atoms. The van der Waals surface area contributed by atoms with E-state index in [0.29, 0.717) is 0 Å². The number of ether oxygens (including phenoxy) is 1. The van der Waals surface area contributed by atoms with E-state index in [1.165, 1.54) is 6.92 Å². The number of rotatable bonds is 7. The van der Waals surface area contributed by atoms with Crippen molar-refractivity contribution < 1.29 is 26.7 Å². The first-order chi connectivity index (χ1) is 9.23. The number of hydrogen-bond acceptors (Lipinski definition) is 6. The Bertz CT molecular complexity index is 578. The van der Waals surface area contributed by atoms with Gasteiger partial charge in [-0.3, -0.25) is 5.10 Å². The zero-order valence-corrected chi connectivity index (χ0v) is 12.6. The van der Waals surface area contributed by atoms with Gasteiger partial charge in [0.25, 0.3) is 15.9 Å². The molecule has 0 fully saturated rings. The van der Waals surface area contributed by atoms with Crippen LogP contribution >= 0.6 is 12.4 Å². The Hall–Kier alpha value is -1.30. The van der Waals surface area contributed by atoms with Gasteiger partial charge in [-0.1, -0.05) is 0 Å². The summed E-state index contributed by atoms with van der Waals surface area (Å²) in [7, 11) is -4.36. The largest absolute Gasteiger partial charge is 0.462 e. The minimum atomic E-state index is -4.36. The van der Waals surface area contributed by atoms with Crippen LogP contribution in [-0.4, -0.2) is 50.2 Å².